The molecule has 3 nitrogen and oxygen atoms in total. The van der Waals surface area contributed by atoms with Crippen LogP contribution in [0.1, 0.15) is 22.3 Å². The molecule has 1 heterocycles. The number of amides is 1. The molecule has 0 radical (unpaired) electrons. The Balaban J connectivity index is 2.08. The zero-order valence-electron chi connectivity index (χ0n) is 10.9. The lowest BCUT2D eigenvalue weighted by Gasteiger charge is -2.17. The van der Waals surface area contributed by atoms with Crippen molar-refractivity contribution in [3.05, 3.63) is 35.1 Å². The summed E-state index contributed by atoms with van der Waals surface area (Å²) in [6, 6.07) is 4.77. The second-order valence-electron chi connectivity index (χ2n) is 4.95. The molecule has 4 heteroatoms. The van der Waals surface area contributed by atoms with Crippen LogP contribution in [-0.4, -0.2) is 37.5 Å². The van der Waals surface area contributed by atoms with E-state index in [1.54, 1.807) is 17.0 Å². The maximum Gasteiger partial charge on any atom is 0.256 e. The average Bonchev–Trinajstić information content (AvgIpc) is 2.77. The van der Waals surface area contributed by atoms with E-state index in [0.29, 0.717) is 12.5 Å². The smallest absolute Gasteiger partial charge is 0.256 e. The summed E-state index contributed by atoms with van der Waals surface area (Å²) in [5.41, 5.74) is 1.02. The van der Waals surface area contributed by atoms with E-state index >= 15 is 0 Å². The van der Waals surface area contributed by atoms with Crippen LogP contribution in [0.5, 0.6) is 0 Å². The molecule has 1 atom stereocenters. The normalized spacial score (nSPS) is 19.3. The van der Waals surface area contributed by atoms with Gasteiger partial charge in [-0.2, -0.15) is 0 Å². The number of nitrogens with one attached hydrogen (secondary N) is 1. The van der Waals surface area contributed by atoms with Crippen LogP contribution in [0.4, 0.5) is 4.39 Å². The number of hydrogen-bond acceptors (Lipinski definition) is 2. The number of rotatable bonds is 3. The summed E-state index contributed by atoms with van der Waals surface area (Å²) < 4.78 is 13.7. The van der Waals surface area contributed by atoms with Crippen LogP contribution < -0.4 is 5.32 Å². The molecule has 98 valence electrons. The predicted molar refractivity (Wildman–Crippen MR) is 69.1 cm³/mol. The standard InChI is InChI=1S/C14H19FN2O/c1-10-3-4-12(13(15)7-10)14(18)17-6-5-11(9-17)8-16-2/h3-4,7,11,16H,5-6,8-9H2,1-2H3. The molecule has 0 aliphatic carbocycles. The summed E-state index contributed by atoms with van der Waals surface area (Å²) >= 11 is 0. The van der Waals surface area contributed by atoms with Gasteiger partial charge in [-0.05, 0) is 50.6 Å². The summed E-state index contributed by atoms with van der Waals surface area (Å²) in [7, 11) is 1.91. The minimum Gasteiger partial charge on any atom is -0.338 e. The molecule has 1 amide bonds. The number of likely N-dealkylation sites (tertiary alicyclic amines) is 1. The Morgan fingerprint density at radius 1 is 1.56 bits per heavy atom. The molecular weight excluding hydrogens is 231 g/mol. The summed E-state index contributed by atoms with van der Waals surface area (Å²) in [6.45, 7) is 4.15. The second-order valence-corrected chi connectivity index (χ2v) is 4.95. The predicted octanol–water partition coefficient (Wildman–Crippen LogP) is 1.82. The third-order valence-electron chi connectivity index (χ3n) is 3.42. The van der Waals surface area contributed by atoms with E-state index in [-0.39, 0.29) is 11.5 Å². The number of benzene rings is 1. The lowest BCUT2D eigenvalue weighted by atomic mass is 10.1. The molecule has 1 unspecified atom stereocenters. The van der Waals surface area contributed by atoms with Gasteiger partial charge in [0.25, 0.3) is 5.91 Å². The molecule has 0 bridgehead atoms. The van der Waals surface area contributed by atoms with Crippen LogP contribution in [0.25, 0.3) is 0 Å². The summed E-state index contributed by atoms with van der Waals surface area (Å²) in [5, 5.41) is 3.12. The van der Waals surface area contributed by atoms with Gasteiger partial charge in [0.15, 0.2) is 0 Å². The molecule has 2 rings (SSSR count). The SMILES string of the molecule is CNCC1CCN(C(=O)c2ccc(C)cc2F)C1. The van der Waals surface area contributed by atoms with Gasteiger partial charge in [0.2, 0.25) is 0 Å². The monoisotopic (exact) mass is 250 g/mol. The van der Waals surface area contributed by atoms with Gasteiger partial charge in [-0.1, -0.05) is 6.07 Å². The number of carbonyl (C=O) groups excluding carboxylic acids is 1. The Kier molecular flexibility index (Phi) is 3.97. The maximum atomic E-state index is 13.7. The molecule has 1 aromatic rings. The first-order valence-corrected chi connectivity index (χ1v) is 6.32. The lowest BCUT2D eigenvalue weighted by Crippen LogP contribution is -2.30. The molecule has 1 saturated heterocycles. The number of halogens is 1. The quantitative estimate of drug-likeness (QED) is 0.887. The number of nitrogens with zero attached hydrogens (tertiary/aromatic N) is 1. The first kappa shape index (κ1) is 13.0. The molecule has 1 aliphatic rings. The second kappa shape index (κ2) is 5.48. The fourth-order valence-electron chi connectivity index (χ4n) is 2.44. The fraction of sp³-hybridized carbons (Fsp3) is 0.500. The van der Waals surface area contributed by atoms with Crippen molar-refractivity contribution < 1.29 is 9.18 Å². The van der Waals surface area contributed by atoms with E-state index in [9.17, 15) is 9.18 Å². The van der Waals surface area contributed by atoms with Crippen molar-refractivity contribution >= 4 is 5.91 Å². The third kappa shape index (κ3) is 2.70. The summed E-state index contributed by atoms with van der Waals surface area (Å²) in [4.78, 5) is 13.9. The van der Waals surface area contributed by atoms with Gasteiger partial charge in [-0.15, -0.1) is 0 Å². The van der Waals surface area contributed by atoms with E-state index in [0.717, 1.165) is 25.1 Å². The molecule has 18 heavy (non-hydrogen) atoms. The van der Waals surface area contributed by atoms with Crippen LogP contribution in [0, 0.1) is 18.7 Å². The Hall–Kier alpha value is -1.42. The number of hydrogen-bond donors (Lipinski definition) is 1. The highest BCUT2D eigenvalue weighted by atomic mass is 19.1. The minimum absolute atomic E-state index is 0.186. The van der Waals surface area contributed by atoms with Crippen molar-refractivity contribution in [3.63, 3.8) is 0 Å². The summed E-state index contributed by atoms with van der Waals surface area (Å²) in [6.07, 6.45) is 0.986. The van der Waals surface area contributed by atoms with Crippen molar-refractivity contribution in [2.45, 2.75) is 13.3 Å². The van der Waals surface area contributed by atoms with Gasteiger partial charge in [-0.25, -0.2) is 4.39 Å². The Labute approximate surface area is 107 Å². The zero-order valence-corrected chi connectivity index (χ0v) is 10.9. The van der Waals surface area contributed by atoms with E-state index in [2.05, 4.69) is 5.32 Å². The van der Waals surface area contributed by atoms with E-state index < -0.39 is 5.82 Å². The van der Waals surface area contributed by atoms with Gasteiger partial charge in [-0.3, -0.25) is 4.79 Å². The minimum atomic E-state index is -0.419. The Morgan fingerprint density at radius 2 is 2.33 bits per heavy atom. The van der Waals surface area contributed by atoms with Crippen LogP contribution >= 0.6 is 0 Å². The third-order valence-corrected chi connectivity index (χ3v) is 3.42. The molecule has 1 aromatic carbocycles. The largest absolute Gasteiger partial charge is 0.338 e. The lowest BCUT2D eigenvalue weighted by molar-refractivity contribution is 0.0782. The van der Waals surface area contributed by atoms with Gasteiger partial charge < -0.3 is 10.2 Å². The van der Waals surface area contributed by atoms with Crippen LogP contribution in [0.3, 0.4) is 0 Å². The molecule has 0 aromatic heterocycles. The fourth-order valence-corrected chi connectivity index (χ4v) is 2.44. The maximum absolute atomic E-state index is 13.7. The van der Waals surface area contributed by atoms with Crippen molar-refractivity contribution in [2.75, 3.05) is 26.7 Å². The zero-order chi connectivity index (χ0) is 13.1. The highest BCUT2D eigenvalue weighted by Gasteiger charge is 2.27. The average molecular weight is 250 g/mol. The Bertz CT molecular complexity index is 447. The number of aryl methyl sites for hydroxylation is 1. The molecule has 0 saturated carbocycles. The first-order chi connectivity index (χ1) is 8.61. The van der Waals surface area contributed by atoms with E-state index in [1.165, 1.54) is 6.07 Å². The number of carbonyl (C=O) groups is 1. The van der Waals surface area contributed by atoms with Crippen molar-refractivity contribution in [1.29, 1.82) is 0 Å². The highest BCUT2D eigenvalue weighted by Crippen LogP contribution is 2.20. The van der Waals surface area contributed by atoms with Crippen LogP contribution in [0.2, 0.25) is 0 Å². The van der Waals surface area contributed by atoms with Gasteiger partial charge in [0, 0.05) is 13.1 Å². The van der Waals surface area contributed by atoms with Crippen molar-refractivity contribution in [3.8, 4) is 0 Å². The molecule has 1 aliphatic heterocycles. The Morgan fingerprint density at radius 3 is 3.00 bits per heavy atom. The van der Waals surface area contributed by atoms with Crippen LogP contribution in [0.15, 0.2) is 18.2 Å². The highest BCUT2D eigenvalue weighted by molar-refractivity contribution is 5.94. The van der Waals surface area contributed by atoms with Crippen molar-refractivity contribution in [2.24, 2.45) is 5.92 Å². The van der Waals surface area contributed by atoms with Gasteiger partial charge in [0.1, 0.15) is 5.82 Å². The topological polar surface area (TPSA) is 32.3 Å². The molecule has 0 spiro atoms. The molecular formula is C14H19FN2O. The van der Waals surface area contributed by atoms with Crippen molar-refractivity contribution in [1.82, 2.24) is 10.2 Å². The van der Waals surface area contributed by atoms with Gasteiger partial charge in [0.05, 0.1) is 5.56 Å². The van der Waals surface area contributed by atoms with Crippen LogP contribution in [-0.2, 0) is 0 Å². The van der Waals surface area contributed by atoms with Gasteiger partial charge >= 0.3 is 0 Å². The van der Waals surface area contributed by atoms with E-state index in [4.69, 9.17) is 0 Å². The first-order valence-electron chi connectivity index (χ1n) is 6.32. The molecule has 1 N–H and O–H groups in total. The van der Waals surface area contributed by atoms with E-state index in [1.807, 2.05) is 14.0 Å². The molecule has 1 fully saturated rings. The summed E-state index contributed by atoms with van der Waals surface area (Å²) in [5.74, 6) is -0.129.